The monoisotopic (exact) mass is 1870 g/mol. The van der Waals surface area contributed by atoms with E-state index in [-0.39, 0.29) is 0 Å². The van der Waals surface area contributed by atoms with Crippen molar-refractivity contribution in [2.45, 2.75) is 0 Å². The molecular weight excluding hydrogens is 1790 g/mol. The third-order valence-electron chi connectivity index (χ3n) is 30.9. The van der Waals surface area contributed by atoms with Gasteiger partial charge in [-0.2, -0.15) is 0 Å². The molecule has 0 saturated carbocycles. The molecule has 0 aliphatic carbocycles. The van der Waals surface area contributed by atoms with Crippen molar-refractivity contribution in [3.05, 3.63) is 510 Å². The highest BCUT2D eigenvalue weighted by atomic mass is 16.3. The average molecular weight is 1870 g/mol. The van der Waals surface area contributed by atoms with Gasteiger partial charge >= 0.3 is 0 Å². The van der Waals surface area contributed by atoms with E-state index >= 15 is 0 Å². The number of hydrogen-bond acceptors (Lipinski definition) is 3. The molecule has 0 amide bonds. The van der Waals surface area contributed by atoms with E-state index in [1.54, 1.807) is 0 Å². The Hall–Kier alpha value is -19.7. The molecular formula is C138H84N6O3. The molecule has 0 unspecified atom stereocenters. The first-order valence-corrected chi connectivity index (χ1v) is 50.3. The SMILES string of the molecule is c1ccc(-n2c3ccc(-c4ccc5c(c4)c4ccccc4n5-c4cccc5ccccc45)cc3c3c4c(ccc32)oc2ccccc24)cc1.c1ccc(-n2c3ccc(-c4ccc5c(c4)c4ccccc4n5-c4cccc5ccccc45)cc3c3c4oc5ccccc5c4ccc32)cc1.c1ccc(-n2c3ccc(-c4ccc5c(c4)c4ccccc4n5-c4cccc5ccccc45)cc3c3cc4oc5ccccc5c4cc32)cc1. The number of aromatic nitrogens is 6. The number of furan rings is 3. The molecule has 0 radical (unpaired) electrons. The zero-order valence-corrected chi connectivity index (χ0v) is 79.4. The third-order valence-corrected chi connectivity index (χ3v) is 30.9. The van der Waals surface area contributed by atoms with Gasteiger partial charge in [-0.25, -0.2) is 0 Å². The van der Waals surface area contributed by atoms with Crippen LogP contribution in [0.4, 0.5) is 0 Å². The fraction of sp³-hybridized carbons (Fsp3) is 0. The van der Waals surface area contributed by atoms with E-state index in [1.165, 1.54) is 203 Å². The van der Waals surface area contributed by atoms with Crippen molar-refractivity contribution in [2.24, 2.45) is 0 Å². The molecule has 0 N–H and O–H groups in total. The first-order valence-electron chi connectivity index (χ1n) is 50.3. The van der Waals surface area contributed by atoms with Crippen molar-refractivity contribution in [1.82, 2.24) is 27.4 Å². The van der Waals surface area contributed by atoms with E-state index in [1.807, 2.05) is 18.2 Å². The molecule has 0 aliphatic heterocycles. The van der Waals surface area contributed by atoms with Crippen molar-refractivity contribution < 1.29 is 13.3 Å². The van der Waals surface area contributed by atoms with Gasteiger partial charge < -0.3 is 40.7 Å². The molecule has 147 heavy (non-hydrogen) atoms. The molecule has 9 heterocycles. The molecule has 24 aromatic carbocycles. The molecule has 0 atom stereocenters. The Balaban J connectivity index is 0.0000000999. The quantitative estimate of drug-likeness (QED) is 0.145. The molecule has 9 heteroatoms. The van der Waals surface area contributed by atoms with Crippen LogP contribution in [0, 0.1) is 0 Å². The van der Waals surface area contributed by atoms with Gasteiger partial charge in [0, 0.05) is 125 Å². The summed E-state index contributed by atoms with van der Waals surface area (Å²) in [7, 11) is 0. The van der Waals surface area contributed by atoms with Crippen LogP contribution in [0.5, 0.6) is 0 Å². The lowest BCUT2D eigenvalue weighted by atomic mass is 9.99. The lowest BCUT2D eigenvalue weighted by Crippen LogP contribution is -1.95. The van der Waals surface area contributed by atoms with Crippen LogP contribution in [-0.2, 0) is 0 Å². The fourth-order valence-corrected chi connectivity index (χ4v) is 24.4. The van der Waals surface area contributed by atoms with Crippen molar-refractivity contribution in [1.29, 1.82) is 0 Å². The van der Waals surface area contributed by atoms with Gasteiger partial charge in [0.2, 0.25) is 0 Å². The summed E-state index contributed by atoms with van der Waals surface area (Å²) < 4.78 is 33.8. The van der Waals surface area contributed by atoms with Crippen LogP contribution < -0.4 is 0 Å². The minimum atomic E-state index is 0.911. The Bertz CT molecular complexity index is 11300. The Morgan fingerprint density at radius 2 is 0.408 bits per heavy atom. The number of benzene rings is 24. The van der Waals surface area contributed by atoms with E-state index < -0.39 is 0 Å². The molecule has 9 aromatic heterocycles. The zero-order valence-electron chi connectivity index (χ0n) is 79.4. The van der Waals surface area contributed by atoms with E-state index in [4.69, 9.17) is 13.3 Å². The van der Waals surface area contributed by atoms with E-state index in [0.717, 1.165) is 93.9 Å². The number of nitrogens with zero attached hydrogens (tertiary/aromatic N) is 6. The Labute approximate surface area is 840 Å². The average Bonchev–Trinajstić information content (AvgIpc) is 1.55. The highest BCUT2D eigenvalue weighted by Crippen LogP contribution is 2.50. The summed E-state index contributed by atoms with van der Waals surface area (Å²) in [6.45, 7) is 0. The number of rotatable bonds is 9. The smallest absolute Gasteiger partial charge is 0.145 e. The maximum absolute atomic E-state index is 6.63. The minimum Gasteiger partial charge on any atom is -0.456 e. The predicted molar refractivity (Wildman–Crippen MR) is 616 cm³/mol. The van der Waals surface area contributed by atoms with Gasteiger partial charge in [0.15, 0.2) is 0 Å². The van der Waals surface area contributed by atoms with Crippen LogP contribution >= 0.6 is 0 Å². The third kappa shape index (κ3) is 12.6. The largest absolute Gasteiger partial charge is 0.456 e. The molecule has 0 saturated heterocycles. The molecule has 0 fully saturated rings. The van der Waals surface area contributed by atoms with Crippen LogP contribution in [-0.4, -0.2) is 27.4 Å². The Kier molecular flexibility index (Phi) is 18.1. The van der Waals surface area contributed by atoms with Gasteiger partial charge in [0.25, 0.3) is 0 Å². The molecule has 33 aromatic rings. The molecule has 684 valence electrons. The molecule has 33 rings (SSSR count). The van der Waals surface area contributed by atoms with Crippen molar-refractivity contribution >= 4 is 229 Å². The summed E-state index contributed by atoms with van der Waals surface area (Å²) >= 11 is 0. The van der Waals surface area contributed by atoms with Gasteiger partial charge in [0.05, 0.1) is 88.6 Å². The van der Waals surface area contributed by atoms with Gasteiger partial charge in [-0.05, 0) is 250 Å². The van der Waals surface area contributed by atoms with Gasteiger partial charge in [-0.15, -0.1) is 0 Å². The van der Waals surface area contributed by atoms with Gasteiger partial charge in [-0.1, -0.05) is 309 Å². The second-order valence-corrected chi connectivity index (χ2v) is 38.8. The number of hydrogen-bond donors (Lipinski definition) is 0. The van der Waals surface area contributed by atoms with Crippen LogP contribution in [0.1, 0.15) is 0 Å². The first kappa shape index (κ1) is 82.0. The van der Waals surface area contributed by atoms with E-state index in [0.29, 0.717) is 0 Å². The van der Waals surface area contributed by atoms with Crippen LogP contribution in [0.3, 0.4) is 0 Å². The van der Waals surface area contributed by atoms with Gasteiger partial charge in [-0.3, -0.25) is 0 Å². The van der Waals surface area contributed by atoms with Gasteiger partial charge in [0.1, 0.15) is 33.5 Å². The Morgan fingerprint density at radius 3 is 0.850 bits per heavy atom. The van der Waals surface area contributed by atoms with Crippen LogP contribution in [0.15, 0.2) is 523 Å². The highest BCUT2D eigenvalue weighted by Gasteiger charge is 2.27. The topological polar surface area (TPSA) is 69.0 Å². The van der Waals surface area contributed by atoms with Crippen molar-refractivity contribution in [2.75, 3.05) is 0 Å². The highest BCUT2D eigenvalue weighted by molar-refractivity contribution is 6.29. The first-order chi connectivity index (χ1) is 72.9. The number of para-hydroxylation sites is 9. The Morgan fingerprint density at radius 1 is 0.122 bits per heavy atom. The maximum atomic E-state index is 6.63. The van der Waals surface area contributed by atoms with E-state index in [9.17, 15) is 0 Å². The second kappa shape index (κ2) is 32.4. The lowest BCUT2D eigenvalue weighted by molar-refractivity contribution is 0.669. The summed E-state index contributed by atoms with van der Waals surface area (Å²) in [5, 5.41) is 29.0. The summed E-state index contributed by atoms with van der Waals surface area (Å²) in [5.41, 5.74) is 33.9. The standard InChI is InChI=1S/3C46H28N2O/c1-2-13-32(14-3-1)47-42-25-22-31(28-38(42)45-43(47)26-23-36-35-17-7-9-20-44(35)49-46(36)45)30-21-24-41-37(27-30)34-16-6-8-18-40(34)48(41)39-19-10-12-29-11-4-5-15-33(29)39;1-2-13-32(14-3-1)47-42-23-21-31(26-37(42)38-28-46-39(27-44(38)47)35-17-7-9-20-45(35)49-46)30-22-24-43-36(25-30)34-16-6-8-18-41(34)48(43)40-19-10-12-29-11-4-5-15-33(29)40;1-2-13-32(14-3-1)47-41-24-22-31(28-37(41)45-42(47)25-26-44-46(45)35-17-7-9-20-43(35)49-44)30-21-23-40-36(27-30)34-16-6-8-18-39(34)48(40)38-19-10-12-29-11-4-5-15-33(29)38/h3*1-28H. The number of fused-ring (bicyclic) bond motifs is 32. The molecule has 0 bridgehead atoms. The van der Waals surface area contributed by atoms with E-state index in [2.05, 4.69) is 519 Å². The van der Waals surface area contributed by atoms with Crippen molar-refractivity contribution in [3.63, 3.8) is 0 Å². The predicted octanol–water partition coefficient (Wildman–Crippen LogP) is 37.8. The molecule has 0 spiro atoms. The minimum absolute atomic E-state index is 0.911. The van der Waals surface area contributed by atoms with Crippen molar-refractivity contribution in [3.8, 4) is 67.5 Å². The summed E-state index contributed by atoms with van der Waals surface area (Å²) in [6.07, 6.45) is 0. The zero-order chi connectivity index (χ0) is 96.2. The molecule has 0 aliphatic rings. The normalized spacial score (nSPS) is 12.1. The van der Waals surface area contributed by atoms with Crippen LogP contribution in [0.2, 0.25) is 0 Å². The molecule has 9 nitrogen and oxygen atoms in total. The summed E-state index contributed by atoms with van der Waals surface area (Å²) in [4.78, 5) is 0. The van der Waals surface area contributed by atoms with Crippen LogP contribution in [0.25, 0.3) is 296 Å². The lowest BCUT2D eigenvalue weighted by Gasteiger charge is -2.12. The summed E-state index contributed by atoms with van der Waals surface area (Å²) in [6, 6.07) is 184. The maximum Gasteiger partial charge on any atom is 0.145 e. The summed E-state index contributed by atoms with van der Waals surface area (Å²) in [5.74, 6) is 0. The fourth-order valence-electron chi connectivity index (χ4n) is 24.4. The second-order valence-electron chi connectivity index (χ2n) is 38.8.